The minimum absolute atomic E-state index is 0.663. The highest BCUT2D eigenvalue weighted by Gasteiger charge is 2.30. The summed E-state index contributed by atoms with van der Waals surface area (Å²) in [6.45, 7) is 9.42. The molecule has 2 aliphatic rings. The van der Waals surface area contributed by atoms with Gasteiger partial charge in [0.1, 0.15) is 0 Å². The molecule has 0 bridgehead atoms. The van der Waals surface area contributed by atoms with Gasteiger partial charge in [0.05, 0.1) is 6.17 Å². The van der Waals surface area contributed by atoms with Gasteiger partial charge in [0, 0.05) is 25.7 Å². The van der Waals surface area contributed by atoms with Crippen LogP contribution in [0.15, 0.2) is 0 Å². The third-order valence-electron chi connectivity index (χ3n) is 3.57. The summed E-state index contributed by atoms with van der Waals surface area (Å²) in [7, 11) is 0. The molecule has 2 aliphatic heterocycles. The van der Waals surface area contributed by atoms with E-state index in [4.69, 9.17) is 0 Å². The van der Waals surface area contributed by atoms with Crippen LogP contribution >= 0.6 is 0 Å². The van der Waals surface area contributed by atoms with Crippen molar-refractivity contribution in [3.05, 3.63) is 0 Å². The number of hydrogen-bond acceptors (Lipinski definition) is 3. The van der Waals surface area contributed by atoms with Crippen molar-refractivity contribution >= 4 is 0 Å². The summed E-state index contributed by atoms with van der Waals surface area (Å²) in [5.74, 6) is 0.804. The van der Waals surface area contributed by atoms with E-state index in [0.29, 0.717) is 6.17 Å². The smallest absolute Gasteiger partial charge is 0.0601 e. The first-order valence-corrected chi connectivity index (χ1v) is 6.47. The molecule has 0 aromatic rings. The van der Waals surface area contributed by atoms with E-state index < -0.39 is 0 Å². The summed E-state index contributed by atoms with van der Waals surface area (Å²) in [5.41, 5.74) is 0. The van der Waals surface area contributed by atoms with E-state index in [1.165, 1.54) is 38.9 Å². The highest BCUT2D eigenvalue weighted by molar-refractivity contribution is 4.86. The summed E-state index contributed by atoms with van der Waals surface area (Å²) in [4.78, 5) is 2.70. The molecular formula is C12H25N3. The maximum absolute atomic E-state index is 3.63. The third kappa shape index (κ3) is 2.92. The molecule has 2 fully saturated rings. The molecule has 0 aromatic heterocycles. The first-order chi connectivity index (χ1) is 7.27. The second-order valence-electron chi connectivity index (χ2n) is 5.34. The van der Waals surface area contributed by atoms with Crippen molar-refractivity contribution in [3.8, 4) is 0 Å². The molecule has 0 radical (unpaired) electrons. The Balaban J connectivity index is 1.92. The monoisotopic (exact) mass is 211 g/mol. The predicted molar refractivity (Wildman–Crippen MR) is 63.8 cm³/mol. The number of nitrogens with one attached hydrogen (secondary N) is 2. The minimum Gasteiger partial charge on any atom is -0.314 e. The maximum Gasteiger partial charge on any atom is 0.0601 e. The lowest BCUT2D eigenvalue weighted by Crippen LogP contribution is -2.57. The number of rotatable bonds is 3. The van der Waals surface area contributed by atoms with Crippen LogP contribution in [0.3, 0.4) is 0 Å². The molecule has 0 spiro atoms. The highest BCUT2D eigenvalue weighted by Crippen LogP contribution is 2.19. The van der Waals surface area contributed by atoms with E-state index in [1.807, 2.05) is 0 Å². The normalized spacial score (nSPS) is 33.8. The lowest BCUT2D eigenvalue weighted by molar-refractivity contribution is 0.0835. The van der Waals surface area contributed by atoms with E-state index in [9.17, 15) is 0 Å². The number of piperazine rings is 1. The van der Waals surface area contributed by atoms with Gasteiger partial charge in [-0.1, -0.05) is 13.8 Å². The molecule has 3 nitrogen and oxygen atoms in total. The lowest BCUT2D eigenvalue weighted by atomic mass is 10.00. The van der Waals surface area contributed by atoms with Crippen LogP contribution in [0.1, 0.15) is 33.1 Å². The van der Waals surface area contributed by atoms with Gasteiger partial charge in [-0.25, -0.2) is 0 Å². The summed E-state index contributed by atoms with van der Waals surface area (Å²) >= 11 is 0. The maximum atomic E-state index is 3.63. The Hall–Kier alpha value is -0.120. The fraction of sp³-hybridized carbons (Fsp3) is 1.00. The Morgan fingerprint density at radius 3 is 2.87 bits per heavy atom. The molecule has 0 saturated carbocycles. The van der Waals surface area contributed by atoms with E-state index in [1.54, 1.807) is 0 Å². The Morgan fingerprint density at radius 1 is 1.33 bits per heavy atom. The Labute approximate surface area is 93.6 Å². The minimum atomic E-state index is 0.663. The second kappa shape index (κ2) is 5.28. The van der Waals surface area contributed by atoms with E-state index in [2.05, 4.69) is 29.4 Å². The fourth-order valence-corrected chi connectivity index (χ4v) is 2.90. The first-order valence-electron chi connectivity index (χ1n) is 6.47. The highest BCUT2D eigenvalue weighted by atomic mass is 15.3. The van der Waals surface area contributed by atoms with Gasteiger partial charge in [-0.15, -0.1) is 0 Å². The summed E-state index contributed by atoms with van der Waals surface area (Å²) in [6.07, 6.45) is 4.68. The lowest BCUT2D eigenvalue weighted by Gasteiger charge is -2.41. The van der Waals surface area contributed by atoms with Crippen molar-refractivity contribution in [2.45, 2.75) is 45.3 Å². The van der Waals surface area contributed by atoms with Gasteiger partial charge in [-0.05, 0) is 31.7 Å². The molecular weight excluding hydrogens is 186 g/mol. The molecule has 0 aromatic carbocycles. The van der Waals surface area contributed by atoms with Crippen LogP contribution in [0, 0.1) is 5.92 Å². The standard InChI is InChI=1S/C12H25N3/c1-10(2)8-11-9-13-6-7-15(11)12-4-3-5-14-12/h10-14H,3-9H2,1-2H3. The number of hydrogen-bond donors (Lipinski definition) is 2. The van der Waals surface area contributed by atoms with Gasteiger partial charge >= 0.3 is 0 Å². The van der Waals surface area contributed by atoms with E-state index >= 15 is 0 Å². The molecule has 88 valence electrons. The molecule has 2 unspecified atom stereocenters. The van der Waals surface area contributed by atoms with Gasteiger partial charge in [-0.2, -0.15) is 0 Å². The van der Waals surface area contributed by atoms with Crippen molar-refractivity contribution in [1.82, 2.24) is 15.5 Å². The molecule has 0 amide bonds. The topological polar surface area (TPSA) is 27.3 Å². The predicted octanol–water partition coefficient (Wildman–Crippen LogP) is 1.02. The van der Waals surface area contributed by atoms with Gasteiger partial charge in [0.25, 0.3) is 0 Å². The van der Waals surface area contributed by atoms with Crippen molar-refractivity contribution in [1.29, 1.82) is 0 Å². The quantitative estimate of drug-likeness (QED) is 0.730. The van der Waals surface area contributed by atoms with Crippen LogP contribution in [0.4, 0.5) is 0 Å². The van der Waals surface area contributed by atoms with E-state index in [-0.39, 0.29) is 0 Å². The fourth-order valence-electron chi connectivity index (χ4n) is 2.90. The molecule has 2 heterocycles. The molecule has 0 aliphatic carbocycles. The molecule has 2 N–H and O–H groups in total. The average Bonchev–Trinajstić information content (AvgIpc) is 2.70. The third-order valence-corrected chi connectivity index (χ3v) is 3.57. The van der Waals surface area contributed by atoms with Crippen LogP contribution in [0.2, 0.25) is 0 Å². The van der Waals surface area contributed by atoms with Crippen LogP contribution in [0.5, 0.6) is 0 Å². The number of nitrogens with zero attached hydrogens (tertiary/aromatic N) is 1. The van der Waals surface area contributed by atoms with Crippen LogP contribution < -0.4 is 10.6 Å². The van der Waals surface area contributed by atoms with Crippen LogP contribution in [0.25, 0.3) is 0 Å². The first kappa shape index (κ1) is 11.4. The van der Waals surface area contributed by atoms with Crippen LogP contribution in [-0.4, -0.2) is 43.3 Å². The van der Waals surface area contributed by atoms with Crippen molar-refractivity contribution < 1.29 is 0 Å². The zero-order valence-corrected chi connectivity index (χ0v) is 10.1. The largest absolute Gasteiger partial charge is 0.314 e. The molecule has 2 rings (SSSR count). The zero-order valence-electron chi connectivity index (χ0n) is 10.1. The second-order valence-corrected chi connectivity index (χ2v) is 5.34. The van der Waals surface area contributed by atoms with E-state index in [0.717, 1.165) is 18.5 Å². The van der Waals surface area contributed by atoms with Crippen LogP contribution in [-0.2, 0) is 0 Å². The Kier molecular flexibility index (Phi) is 4.00. The molecule has 2 atom stereocenters. The van der Waals surface area contributed by atoms with Crippen molar-refractivity contribution in [3.63, 3.8) is 0 Å². The molecule has 2 saturated heterocycles. The SMILES string of the molecule is CC(C)CC1CNCCN1C1CCCN1. The van der Waals surface area contributed by atoms with Gasteiger partial charge in [-0.3, -0.25) is 4.90 Å². The summed E-state index contributed by atoms with van der Waals surface area (Å²) in [5, 5.41) is 7.15. The zero-order chi connectivity index (χ0) is 10.7. The van der Waals surface area contributed by atoms with Gasteiger partial charge in [0.2, 0.25) is 0 Å². The van der Waals surface area contributed by atoms with Crippen molar-refractivity contribution in [2.24, 2.45) is 5.92 Å². The Morgan fingerprint density at radius 2 is 2.20 bits per heavy atom. The van der Waals surface area contributed by atoms with Crippen molar-refractivity contribution in [2.75, 3.05) is 26.2 Å². The summed E-state index contributed by atoms with van der Waals surface area (Å²) in [6, 6.07) is 0.745. The molecule has 3 heteroatoms. The average molecular weight is 211 g/mol. The molecule has 15 heavy (non-hydrogen) atoms. The Bertz CT molecular complexity index is 187. The van der Waals surface area contributed by atoms with Gasteiger partial charge in [0.15, 0.2) is 0 Å². The summed E-state index contributed by atoms with van der Waals surface area (Å²) < 4.78 is 0. The van der Waals surface area contributed by atoms with Gasteiger partial charge < -0.3 is 10.6 Å².